The van der Waals surface area contributed by atoms with Gasteiger partial charge in [-0.1, -0.05) is 41.9 Å². The number of thiazole rings is 1. The molecule has 0 spiro atoms. The molecule has 0 atom stereocenters. The van der Waals surface area contributed by atoms with Crippen molar-refractivity contribution in [2.75, 3.05) is 27.8 Å². The number of hydrogen-bond acceptors (Lipinski definition) is 6. The fourth-order valence-electron chi connectivity index (χ4n) is 4.17. The van der Waals surface area contributed by atoms with Crippen LogP contribution in [-0.2, 0) is 26.1 Å². The number of ether oxygens (including phenoxy) is 2. The van der Waals surface area contributed by atoms with Crippen LogP contribution in [0.15, 0.2) is 72.1 Å². The van der Waals surface area contributed by atoms with E-state index in [1.165, 1.54) is 23.5 Å². The Morgan fingerprint density at radius 2 is 1.51 bits per heavy atom. The van der Waals surface area contributed by atoms with Crippen molar-refractivity contribution < 1.29 is 18.7 Å². The standard InChI is InChI=1S/C30H31ClFN3O3S/c1-34(15-14-21-8-13-27(37-2)28(16-21)38-3)30(36)26-20-39-29(33-26)19-35(17-22-4-9-24(31)10-5-22)18-23-6-11-25(32)12-7-23/h4-13,16,20H,14-15,17-19H2,1-3H3. The van der Waals surface area contributed by atoms with Gasteiger partial charge in [-0.3, -0.25) is 9.69 Å². The molecule has 204 valence electrons. The number of carbonyl (C=O) groups is 1. The Labute approximate surface area is 237 Å². The summed E-state index contributed by atoms with van der Waals surface area (Å²) < 4.78 is 24.1. The molecular weight excluding hydrogens is 537 g/mol. The molecular formula is C30H31ClFN3O3S. The van der Waals surface area contributed by atoms with Gasteiger partial charge in [-0.2, -0.15) is 0 Å². The zero-order valence-corrected chi connectivity index (χ0v) is 23.8. The molecule has 0 aliphatic heterocycles. The molecule has 1 amide bonds. The molecule has 0 aliphatic carbocycles. The van der Waals surface area contributed by atoms with Crippen LogP contribution in [0.5, 0.6) is 11.5 Å². The van der Waals surface area contributed by atoms with Gasteiger partial charge in [0.25, 0.3) is 5.91 Å². The van der Waals surface area contributed by atoms with E-state index in [-0.39, 0.29) is 11.7 Å². The third-order valence-electron chi connectivity index (χ3n) is 6.30. The lowest BCUT2D eigenvalue weighted by Crippen LogP contribution is -2.29. The van der Waals surface area contributed by atoms with Gasteiger partial charge in [-0.15, -0.1) is 11.3 Å². The molecule has 0 saturated heterocycles. The van der Waals surface area contributed by atoms with E-state index in [4.69, 9.17) is 21.1 Å². The number of aromatic nitrogens is 1. The largest absolute Gasteiger partial charge is 0.493 e. The van der Waals surface area contributed by atoms with E-state index in [1.54, 1.807) is 38.3 Å². The van der Waals surface area contributed by atoms with Crippen LogP contribution in [0.4, 0.5) is 4.39 Å². The average molecular weight is 568 g/mol. The lowest BCUT2D eigenvalue weighted by Gasteiger charge is -2.21. The van der Waals surface area contributed by atoms with E-state index in [0.717, 1.165) is 21.7 Å². The second kappa shape index (κ2) is 13.6. The van der Waals surface area contributed by atoms with Crippen molar-refractivity contribution in [2.24, 2.45) is 0 Å². The lowest BCUT2D eigenvalue weighted by molar-refractivity contribution is 0.0791. The van der Waals surface area contributed by atoms with Gasteiger partial charge in [-0.05, 0) is 59.5 Å². The number of nitrogens with zero attached hydrogens (tertiary/aromatic N) is 3. The topological polar surface area (TPSA) is 54.9 Å². The molecule has 1 aromatic heterocycles. The Morgan fingerprint density at radius 3 is 2.15 bits per heavy atom. The van der Waals surface area contributed by atoms with Crippen molar-refractivity contribution >= 4 is 28.8 Å². The highest BCUT2D eigenvalue weighted by Crippen LogP contribution is 2.28. The maximum Gasteiger partial charge on any atom is 0.273 e. The second-order valence-corrected chi connectivity index (χ2v) is 10.6. The predicted octanol–water partition coefficient (Wildman–Crippen LogP) is 6.47. The average Bonchev–Trinajstić information content (AvgIpc) is 3.41. The first-order chi connectivity index (χ1) is 18.8. The number of likely N-dealkylation sites (N-methyl/N-ethyl adjacent to an activating group) is 1. The van der Waals surface area contributed by atoms with E-state index < -0.39 is 0 Å². The highest BCUT2D eigenvalue weighted by molar-refractivity contribution is 7.09. The summed E-state index contributed by atoms with van der Waals surface area (Å²) in [5.74, 6) is 0.948. The second-order valence-electron chi connectivity index (χ2n) is 9.19. The molecule has 0 radical (unpaired) electrons. The number of rotatable bonds is 12. The molecule has 4 rings (SSSR count). The molecule has 0 fully saturated rings. The fraction of sp³-hybridized carbons (Fsp3) is 0.267. The maximum atomic E-state index is 13.4. The summed E-state index contributed by atoms with van der Waals surface area (Å²) >= 11 is 7.52. The lowest BCUT2D eigenvalue weighted by atomic mass is 10.1. The highest BCUT2D eigenvalue weighted by atomic mass is 35.5. The number of amides is 1. The molecule has 1 heterocycles. The molecule has 0 unspecified atom stereocenters. The first-order valence-electron chi connectivity index (χ1n) is 12.5. The molecule has 0 bridgehead atoms. The first kappa shape index (κ1) is 28.5. The van der Waals surface area contributed by atoms with E-state index >= 15 is 0 Å². The zero-order chi connectivity index (χ0) is 27.8. The maximum absolute atomic E-state index is 13.4. The van der Waals surface area contributed by atoms with Crippen molar-refractivity contribution in [3.8, 4) is 11.5 Å². The molecule has 39 heavy (non-hydrogen) atoms. The number of hydrogen-bond donors (Lipinski definition) is 0. The Balaban J connectivity index is 1.41. The van der Waals surface area contributed by atoms with Crippen LogP contribution >= 0.6 is 22.9 Å². The molecule has 0 N–H and O–H groups in total. The summed E-state index contributed by atoms with van der Waals surface area (Å²) in [5, 5.41) is 3.33. The van der Waals surface area contributed by atoms with Gasteiger partial charge >= 0.3 is 0 Å². The minimum atomic E-state index is -0.263. The van der Waals surface area contributed by atoms with Crippen molar-refractivity contribution in [3.05, 3.63) is 110 Å². The van der Waals surface area contributed by atoms with Gasteiger partial charge in [0.2, 0.25) is 0 Å². The number of benzene rings is 3. The molecule has 0 aliphatic rings. The quantitative estimate of drug-likeness (QED) is 0.196. The van der Waals surface area contributed by atoms with E-state index in [1.807, 2.05) is 47.8 Å². The van der Waals surface area contributed by atoms with Crippen molar-refractivity contribution in [1.82, 2.24) is 14.8 Å². The molecule has 3 aromatic carbocycles. The van der Waals surface area contributed by atoms with Crippen LogP contribution in [0.2, 0.25) is 5.02 Å². The van der Waals surface area contributed by atoms with Gasteiger partial charge in [0.1, 0.15) is 16.5 Å². The van der Waals surface area contributed by atoms with Crippen LogP contribution < -0.4 is 9.47 Å². The van der Waals surface area contributed by atoms with Crippen LogP contribution in [0.3, 0.4) is 0 Å². The predicted molar refractivity (Wildman–Crippen MR) is 153 cm³/mol. The van der Waals surface area contributed by atoms with Gasteiger partial charge in [-0.25, -0.2) is 9.37 Å². The summed E-state index contributed by atoms with van der Waals surface area (Å²) in [6.07, 6.45) is 0.673. The molecule has 4 aromatic rings. The number of methoxy groups -OCH3 is 2. The van der Waals surface area contributed by atoms with Crippen LogP contribution in [0.1, 0.15) is 32.2 Å². The van der Waals surface area contributed by atoms with Gasteiger partial charge in [0, 0.05) is 37.1 Å². The Bertz CT molecular complexity index is 1330. The third kappa shape index (κ3) is 8.02. The van der Waals surface area contributed by atoms with Gasteiger partial charge in [0.15, 0.2) is 11.5 Å². The first-order valence-corrected chi connectivity index (χ1v) is 13.7. The van der Waals surface area contributed by atoms with Crippen molar-refractivity contribution in [1.29, 1.82) is 0 Å². The molecule has 0 saturated carbocycles. The van der Waals surface area contributed by atoms with E-state index in [0.29, 0.717) is 54.8 Å². The summed E-state index contributed by atoms with van der Waals surface area (Å²) in [6, 6.07) is 20.0. The minimum Gasteiger partial charge on any atom is -0.493 e. The van der Waals surface area contributed by atoms with Crippen LogP contribution in [-0.4, -0.2) is 48.5 Å². The summed E-state index contributed by atoms with van der Waals surface area (Å²) in [6.45, 7) is 2.35. The number of halogens is 2. The van der Waals surface area contributed by atoms with Crippen LogP contribution in [0, 0.1) is 5.82 Å². The normalized spacial score (nSPS) is 11.0. The Morgan fingerprint density at radius 1 is 0.897 bits per heavy atom. The molecule has 9 heteroatoms. The molecule has 6 nitrogen and oxygen atoms in total. The Hall–Kier alpha value is -3.46. The van der Waals surface area contributed by atoms with E-state index in [2.05, 4.69) is 9.88 Å². The monoisotopic (exact) mass is 567 g/mol. The van der Waals surface area contributed by atoms with Crippen molar-refractivity contribution in [3.63, 3.8) is 0 Å². The van der Waals surface area contributed by atoms with Crippen molar-refractivity contribution in [2.45, 2.75) is 26.1 Å². The summed E-state index contributed by atoms with van der Waals surface area (Å²) in [7, 11) is 4.99. The zero-order valence-electron chi connectivity index (χ0n) is 22.2. The van der Waals surface area contributed by atoms with Gasteiger partial charge in [0.05, 0.1) is 20.8 Å². The summed E-state index contributed by atoms with van der Waals surface area (Å²) in [4.78, 5) is 21.6. The van der Waals surface area contributed by atoms with E-state index in [9.17, 15) is 9.18 Å². The SMILES string of the molecule is COc1ccc(CCN(C)C(=O)c2csc(CN(Cc3ccc(F)cc3)Cc3ccc(Cl)cc3)n2)cc1OC. The summed E-state index contributed by atoms with van der Waals surface area (Å²) in [5.41, 5.74) is 3.57. The highest BCUT2D eigenvalue weighted by Gasteiger charge is 2.18. The fourth-order valence-corrected chi connectivity index (χ4v) is 5.10. The third-order valence-corrected chi connectivity index (χ3v) is 7.38. The Kier molecular flexibility index (Phi) is 9.92. The van der Waals surface area contributed by atoms with Gasteiger partial charge < -0.3 is 14.4 Å². The smallest absolute Gasteiger partial charge is 0.273 e. The van der Waals surface area contributed by atoms with Crippen LogP contribution in [0.25, 0.3) is 0 Å². The minimum absolute atomic E-state index is 0.124. The number of carbonyl (C=O) groups excluding carboxylic acids is 1.